The molecule has 0 aliphatic heterocycles. The van der Waals surface area contributed by atoms with Crippen LogP contribution >= 0.6 is 0 Å². The molecule has 0 amide bonds. The zero-order chi connectivity index (χ0) is 15.4. The molecule has 2 N–H and O–H groups in total. The molecule has 0 unspecified atom stereocenters. The van der Waals surface area contributed by atoms with E-state index in [4.69, 9.17) is 10.5 Å². The van der Waals surface area contributed by atoms with Crippen molar-refractivity contribution < 1.29 is 4.74 Å². The van der Waals surface area contributed by atoms with Crippen molar-refractivity contribution in [1.29, 1.82) is 0 Å². The van der Waals surface area contributed by atoms with Gasteiger partial charge in [0.2, 0.25) is 0 Å². The molecular weight excluding hydrogens is 258 g/mol. The molecule has 2 aromatic rings. The summed E-state index contributed by atoms with van der Waals surface area (Å²) in [7, 11) is 0. The number of rotatable bonds is 5. The van der Waals surface area contributed by atoms with E-state index in [1.54, 1.807) is 0 Å². The summed E-state index contributed by atoms with van der Waals surface area (Å²) in [5.41, 5.74) is 11.8. The minimum atomic E-state index is 0.513. The second-order valence-corrected chi connectivity index (χ2v) is 5.93. The number of hydrogen-bond acceptors (Lipinski definition) is 2. The van der Waals surface area contributed by atoms with Crippen LogP contribution in [0.25, 0.3) is 0 Å². The minimum absolute atomic E-state index is 0.513. The largest absolute Gasteiger partial charge is 0.489 e. The van der Waals surface area contributed by atoms with Gasteiger partial charge in [-0.2, -0.15) is 0 Å². The van der Waals surface area contributed by atoms with Gasteiger partial charge in [-0.3, -0.25) is 0 Å². The molecular formula is C19H25NO. The van der Waals surface area contributed by atoms with Gasteiger partial charge in [-0.25, -0.2) is 0 Å². The Morgan fingerprint density at radius 1 is 1.00 bits per heavy atom. The van der Waals surface area contributed by atoms with Gasteiger partial charge in [0, 0.05) is 6.54 Å². The van der Waals surface area contributed by atoms with Gasteiger partial charge < -0.3 is 10.5 Å². The highest BCUT2D eigenvalue weighted by Crippen LogP contribution is 2.25. The van der Waals surface area contributed by atoms with Crippen molar-refractivity contribution in [3.05, 3.63) is 64.2 Å². The normalized spacial score (nSPS) is 11.0. The lowest BCUT2D eigenvalue weighted by Crippen LogP contribution is -2.02. The van der Waals surface area contributed by atoms with Crippen LogP contribution < -0.4 is 10.5 Å². The molecule has 0 aromatic heterocycles. The summed E-state index contributed by atoms with van der Waals surface area (Å²) in [4.78, 5) is 0. The second kappa shape index (κ2) is 6.77. The van der Waals surface area contributed by atoms with Crippen LogP contribution in [0.3, 0.4) is 0 Å². The van der Waals surface area contributed by atoms with Crippen LogP contribution in [-0.4, -0.2) is 0 Å². The number of nitrogens with two attached hydrogens (primary N) is 1. The minimum Gasteiger partial charge on any atom is -0.489 e. The predicted octanol–water partition coefficient (Wildman–Crippen LogP) is 4.46. The maximum absolute atomic E-state index is 6.04. The van der Waals surface area contributed by atoms with Crippen molar-refractivity contribution >= 4 is 0 Å². The Morgan fingerprint density at radius 3 is 2.38 bits per heavy atom. The molecule has 2 heteroatoms. The van der Waals surface area contributed by atoms with E-state index in [0.717, 1.165) is 11.3 Å². The molecule has 21 heavy (non-hydrogen) atoms. The topological polar surface area (TPSA) is 35.2 Å². The van der Waals surface area contributed by atoms with E-state index in [9.17, 15) is 0 Å². The van der Waals surface area contributed by atoms with Gasteiger partial charge in [-0.1, -0.05) is 44.2 Å². The first-order valence-electron chi connectivity index (χ1n) is 7.53. The molecule has 0 aliphatic carbocycles. The van der Waals surface area contributed by atoms with Crippen LogP contribution in [0.2, 0.25) is 0 Å². The van der Waals surface area contributed by atoms with E-state index >= 15 is 0 Å². The lowest BCUT2D eigenvalue weighted by Gasteiger charge is -2.14. The Balaban J connectivity index is 2.14. The zero-order valence-electron chi connectivity index (χ0n) is 13.4. The van der Waals surface area contributed by atoms with Gasteiger partial charge in [-0.05, 0) is 53.6 Å². The van der Waals surface area contributed by atoms with Crippen LogP contribution in [0.1, 0.15) is 47.6 Å². The summed E-state index contributed by atoms with van der Waals surface area (Å²) in [6, 6.07) is 12.8. The van der Waals surface area contributed by atoms with E-state index in [1.165, 1.54) is 22.3 Å². The third-order valence-corrected chi connectivity index (χ3v) is 3.90. The SMILES string of the molecule is Cc1cc(CN)ccc1COc1cc(C(C)C)ccc1C. The fourth-order valence-electron chi connectivity index (χ4n) is 2.33. The highest BCUT2D eigenvalue weighted by molar-refractivity contribution is 5.38. The van der Waals surface area contributed by atoms with Gasteiger partial charge in [0.15, 0.2) is 0 Å². The van der Waals surface area contributed by atoms with Crippen molar-refractivity contribution in [3.8, 4) is 5.75 Å². The summed E-state index contributed by atoms with van der Waals surface area (Å²) >= 11 is 0. The van der Waals surface area contributed by atoms with E-state index in [-0.39, 0.29) is 0 Å². The van der Waals surface area contributed by atoms with Gasteiger partial charge in [0.1, 0.15) is 12.4 Å². The van der Waals surface area contributed by atoms with Crippen molar-refractivity contribution in [2.24, 2.45) is 5.73 Å². The fourth-order valence-corrected chi connectivity index (χ4v) is 2.33. The molecule has 2 aromatic carbocycles. The monoisotopic (exact) mass is 283 g/mol. The average molecular weight is 283 g/mol. The van der Waals surface area contributed by atoms with Crippen LogP contribution in [-0.2, 0) is 13.2 Å². The maximum atomic E-state index is 6.04. The summed E-state index contributed by atoms with van der Waals surface area (Å²) in [5.74, 6) is 1.49. The molecule has 0 saturated carbocycles. The van der Waals surface area contributed by atoms with E-state index in [1.807, 2.05) is 0 Å². The molecule has 0 spiro atoms. The number of aryl methyl sites for hydroxylation is 2. The molecule has 112 valence electrons. The fraction of sp³-hybridized carbons (Fsp3) is 0.368. The number of benzene rings is 2. The van der Waals surface area contributed by atoms with Crippen molar-refractivity contribution in [1.82, 2.24) is 0 Å². The van der Waals surface area contributed by atoms with Crippen molar-refractivity contribution in [3.63, 3.8) is 0 Å². The van der Waals surface area contributed by atoms with E-state index in [0.29, 0.717) is 19.1 Å². The van der Waals surface area contributed by atoms with Crippen molar-refractivity contribution in [2.75, 3.05) is 0 Å². The van der Waals surface area contributed by atoms with Crippen molar-refractivity contribution in [2.45, 2.75) is 46.8 Å². The summed E-state index contributed by atoms with van der Waals surface area (Å²) in [6.07, 6.45) is 0. The Labute approximate surface area is 127 Å². The molecule has 2 nitrogen and oxygen atoms in total. The first kappa shape index (κ1) is 15.6. The zero-order valence-corrected chi connectivity index (χ0v) is 13.4. The summed E-state index contributed by atoms with van der Waals surface area (Å²) in [5, 5.41) is 0. The lowest BCUT2D eigenvalue weighted by molar-refractivity contribution is 0.303. The molecule has 0 fully saturated rings. The molecule has 0 radical (unpaired) electrons. The highest BCUT2D eigenvalue weighted by Gasteiger charge is 2.06. The average Bonchev–Trinajstić information content (AvgIpc) is 2.47. The molecule has 0 atom stereocenters. The first-order valence-corrected chi connectivity index (χ1v) is 7.53. The predicted molar refractivity (Wildman–Crippen MR) is 88.7 cm³/mol. The summed E-state index contributed by atoms with van der Waals surface area (Å²) < 4.78 is 6.04. The second-order valence-electron chi connectivity index (χ2n) is 5.93. The highest BCUT2D eigenvalue weighted by atomic mass is 16.5. The van der Waals surface area contributed by atoms with Crippen LogP contribution in [0.4, 0.5) is 0 Å². The first-order chi connectivity index (χ1) is 10.0. The third-order valence-electron chi connectivity index (χ3n) is 3.90. The van der Waals surface area contributed by atoms with Gasteiger partial charge in [0.25, 0.3) is 0 Å². The van der Waals surface area contributed by atoms with Crippen LogP contribution in [0.5, 0.6) is 5.75 Å². The van der Waals surface area contributed by atoms with E-state index < -0.39 is 0 Å². The number of hydrogen-bond donors (Lipinski definition) is 1. The smallest absolute Gasteiger partial charge is 0.123 e. The van der Waals surface area contributed by atoms with Crippen LogP contribution in [0.15, 0.2) is 36.4 Å². The Hall–Kier alpha value is -1.80. The molecule has 0 saturated heterocycles. The summed E-state index contributed by atoms with van der Waals surface area (Å²) in [6.45, 7) is 9.77. The third kappa shape index (κ3) is 3.85. The Bertz CT molecular complexity index is 617. The molecule has 0 bridgehead atoms. The maximum Gasteiger partial charge on any atom is 0.123 e. The Kier molecular flexibility index (Phi) is 5.03. The molecule has 0 aliphatic rings. The quantitative estimate of drug-likeness (QED) is 0.879. The van der Waals surface area contributed by atoms with Gasteiger partial charge in [0.05, 0.1) is 0 Å². The van der Waals surface area contributed by atoms with Crippen LogP contribution in [0, 0.1) is 13.8 Å². The lowest BCUT2D eigenvalue weighted by atomic mass is 10.0. The molecule has 0 heterocycles. The van der Waals surface area contributed by atoms with Gasteiger partial charge >= 0.3 is 0 Å². The Morgan fingerprint density at radius 2 is 1.76 bits per heavy atom. The van der Waals surface area contributed by atoms with E-state index in [2.05, 4.69) is 64.1 Å². The number of ether oxygens (including phenoxy) is 1. The molecule has 2 rings (SSSR count). The standard InChI is InChI=1S/C19H25NO/c1-13(2)17-7-5-14(3)19(10-17)21-12-18-8-6-16(11-20)9-15(18)4/h5-10,13H,11-12,20H2,1-4H3. The van der Waals surface area contributed by atoms with Gasteiger partial charge in [-0.15, -0.1) is 0 Å².